The van der Waals surface area contributed by atoms with Gasteiger partial charge in [-0.25, -0.2) is 0 Å². The predicted molar refractivity (Wildman–Crippen MR) is 98.1 cm³/mol. The van der Waals surface area contributed by atoms with E-state index in [1.165, 1.54) is 13.0 Å². The first-order chi connectivity index (χ1) is 11.4. The van der Waals surface area contributed by atoms with E-state index in [0.29, 0.717) is 11.2 Å². The molecule has 1 saturated heterocycles. The Labute approximate surface area is 148 Å². The Balaban J connectivity index is 1.53. The van der Waals surface area contributed by atoms with Crippen molar-refractivity contribution < 1.29 is 4.52 Å². The van der Waals surface area contributed by atoms with Gasteiger partial charge in [-0.1, -0.05) is 32.0 Å². The van der Waals surface area contributed by atoms with Gasteiger partial charge in [0.1, 0.15) is 0 Å². The van der Waals surface area contributed by atoms with E-state index in [4.69, 9.17) is 4.52 Å². The Morgan fingerprint density at radius 3 is 2.62 bits per heavy atom. The summed E-state index contributed by atoms with van der Waals surface area (Å²) in [5.41, 5.74) is 0.409. The van der Waals surface area contributed by atoms with Crippen LogP contribution in [-0.2, 0) is 0 Å². The lowest BCUT2D eigenvalue weighted by Crippen LogP contribution is -2.47. The number of piperazine rings is 1. The first-order valence-electron chi connectivity index (χ1n) is 8.76. The highest BCUT2D eigenvalue weighted by Gasteiger charge is 2.26. The molecule has 1 aliphatic rings. The first-order valence-corrected chi connectivity index (χ1v) is 9.64. The molecule has 0 amide bonds. The number of aromatic nitrogens is 2. The van der Waals surface area contributed by atoms with Gasteiger partial charge in [0.25, 0.3) is 0 Å². The molecule has 24 heavy (non-hydrogen) atoms. The van der Waals surface area contributed by atoms with Crippen LogP contribution in [0.3, 0.4) is 0 Å². The van der Waals surface area contributed by atoms with Crippen LogP contribution >= 0.6 is 11.3 Å². The molecule has 0 unspecified atom stereocenters. The SMILES string of the molecule is C[C@@H](c1nc(-c2cccs2)no1)N1CCN(CCC(C)(C)C)CC1. The summed E-state index contributed by atoms with van der Waals surface area (Å²) in [5, 5.41) is 6.17. The molecule has 0 N–H and O–H groups in total. The van der Waals surface area contributed by atoms with Crippen molar-refractivity contribution in [3.05, 3.63) is 23.4 Å². The molecule has 1 aliphatic heterocycles. The molecular weight excluding hydrogens is 320 g/mol. The van der Waals surface area contributed by atoms with Crippen molar-refractivity contribution >= 4 is 11.3 Å². The van der Waals surface area contributed by atoms with Crippen molar-refractivity contribution in [2.24, 2.45) is 5.41 Å². The average molecular weight is 349 g/mol. The summed E-state index contributed by atoms with van der Waals surface area (Å²) in [5.74, 6) is 1.43. The maximum absolute atomic E-state index is 5.51. The molecule has 3 heterocycles. The minimum atomic E-state index is 0.177. The fourth-order valence-corrected chi connectivity index (χ4v) is 3.58. The Hall–Kier alpha value is -1.24. The molecule has 0 aliphatic carbocycles. The van der Waals surface area contributed by atoms with Crippen molar-refractivity contribution in [1.82, 2.24) is 19.9 Å². The standard InChI is InChI=1S/C18H28N4OS/c1-14(17-19-16(20-23-17)15-6-5-13-24-15)22-11-9-21(10-12-22)8-7-18(2,3)4/h5-6,13-14H,7-12H2,1-4H3/t14-/m0/s1. The molecular formula is C18H28N4OS. The maximum Gasteiger partial charge on any atom is 0.244 e. The molecule has 132 valence electrons. The summed E-state index contributed by atoms with van der Waals surface area (Å²) < 4.78 is 5.51. The third-order valence-corrected chi connectivity index (χ3v) is 5.54. The summed E-state index contributed by atoms with van der Waals surface area (Å²) in [6, 6.07) is 4.21. The maximum atomic E-state index is 5.51. The van der Waals surface area contributed by atoms with Gasteiger partial charge in [-0.2, -0.15) is 4.98 Å². The minimum Gasteiger partial charge on any atom is -0.337 e. The zero-order valence-electron chi connectivity index (χ0n) is 15.2. The molecule has 3 rings (SSSR count). The Morgan fingerprint density at radius 2 is 2.00 bits per heavy atom. The number of thiophene rings is 1. The van der Waals surface area contributed by atoms with Crippen LogP contribution in [-0.4, -0.2) is 52.7 Å². The zero-order valence-corrected chi connectivity index (χ0v) is 16.0. The topological polar surface area (TPSA) is 45.4 Å². The molecule has 5 nitrogen and oxygen atoms in total. The Morgan fingerprint density at radius 1 is 1.25 bits per heavy atom. The zero-order chi connectivity index (χ0) is 17.2. The van der Waals surface area contributed by atoms with E-state index in [2.05, 4.69) is 47.6 Å². The summed E-state index contributed by atoms with van der Waals surface area (Å²) in [6.45, 7) is 14.6. The molecule has 1 fully saturated rings. The molecule has 0 bridgehead atoms. The van der Waals surface area contributed by atoms with Crippen molar-refractivity contribution in [2.75, 3.05) is 32.7 Å². The van der Waals surface area contributed by atoms with E-state index in [9.17, 15) is 0 Å². The lowest BCUT2D eigenvalue weighted by atomic mass is 9.92. The van der Waals surface area contributed by atoms with Crippen LogP contribution in [0.2, 0.25) is 0 Å². The van der Waals surface area contributed by atoms with Crippen LogP contribution < -0.4 is 0 Å². The highest BCUT2D eigenvalue weighted by Crippen LogP contribution is 2.26. The average Bonchev–Trinajstić information content (AvgIpc) is 3.23. The quantitative estimate of drug-likeness (QED) is 0.820. The van der Waals surface area contributed by atoms with Crippen LogP contribution in [0.25, 0.3) is 10.7 Å². The fraction of sp³-hybridized carbons (Fsp3) is 0.667. The molecule has 0 radical (unpaired) electrons. The normalized spacial score (nSPS) is 18.8. The van der Waals surface area contributed by atoms with E-state index in [0.717, 1.165) is 36.9 Å². The van der Waals surface area contributed by atoms with Gasteiger partial charge in [-0.05, 0) is 36.8 Å². The largest absolute Gasteiger partial charge is 0.337 e. The fourth-order valence-electron chi connectivity index (χ4n) is 2.93. The lowest BCUT2D eigenvalue weighted by molar-refractivity contribution is 0.0821. The molecule has 0 aromatic carbocycles. The van der Waals surface area contributed by atoms with Gasteiger partial charge in [0.05, 0.1) is 10.9 Å². The van der Waals surface area contributed by atoms with Gasteiger partial charge in [0.15, 0.2) is 0 Å². The van der Waals surface area contributed by atoms with Crippen LogP contribution in [0.1, 0.15) is 46.0 Å². The van der Waals surface area contributed by atoms with Gasteiger partial charge < -0.3 is 9.42 Å². The van der Waals surface area contributed by atoms with Gasteiger partial charge in [-0.3, -0.25) is 4.90 Å². The van der Waals surface area contributed by atoms with Gasteiger partial charge in [0.2, 0.25) is 11.7 Å². The van der Waals surface area contributed by atoms with Gasteiger partial charge in [0, 0.05) is 26.2 Å². The van der Waals surface area contributed by atoms with E-state index in [-0.39, 0.29) is 6.04 Å². The Kier molecular flexibility index (Phi) is 5.37. The minimum absolute atomic E-state index is 0.177. The smallest absolute Gasteiger partial charge is 0.244 e. The van der Waals surface area contributed by atoms with Crippen molar-refractivity contribution in [3.8, 4) is 10.7 Å². The van der Waals surface area contributed by atoms with Crippen molar-refractivity contribution in [1.29, 1.82) is 0 Å². The predicted octanol–water partition coefficient (Wildman–Crippen LogP) is 3.91. The monoisotopic (exact) mass is 348 g/mol. The third-order valence-electron chi connectivity index (χ3n) is 4.67. The molecule has 0 spiro atoms. The second-order valence-electron chi connectivity index (χ2n) is 7.80. The van der Waals surface area contributed by atoms with Crippen molar-refractivity contribution in [2.45, 2.75) is 40.2 Å². The highest BCUT2D eigenvalue weighted by molar-refractivity contribution is 7.13. The van der Waals surface area contributed by atoms with E-state index in [1.54, 1.807) is 11.3 Å². The summed E-state index contributed by atoms with van der Waals surface area (Å²) >= 11 is 1.64. The van der Waals surface area contributed by atoms with E-state index in [1.807, 2.05) is 17.5 Å². The highest BCUT2D eigenvalue weighted by atomic mass is 32.1. The third kappa shape index (κ3) is 4.43. The van der Waals surface area contributed by atoms with Crippen LogP contribution in [0, 0.1) is 5.41 Å². The second-order valence-corrected chi connectivity index (χ2v) is 8.75. The van der Waals surface area contributed by atoms with Gasteiger partial charge >= 0.3 is 0 Å². The number of rotatable bonds is 5. The molecule has 1 atom stereocenters. The van der Waals surface area contributed by atoms with Gasteiger partial charge in [-0.15, -0.1) is 11.3 Å². The number of hydrogen-bond acceptors (Lipinski definition) is 6. The van der Waals surface area contributed by atoms with Crippen LogP contribution in [0.15, 0.2) is 22.0 Å². The molecule has 2 aromatic rings. The molecule has 6 heteroatoms. The number of nitrogens with zero attached hydrogens (tertiary/aromatic N) is 4. The summed E-state index contributed by atoms with van der Waals surface area (Å²) in [6.07, 6.45) is 1.25. The molecule has 2 aromatic heterocycles. The molecule has 0 saturated carbocycles. The Bertz CT molecular complexity index is 624. The van der Waals surface area contributed by atoms with Crippen LogP contribution in [0.4, 0.5) is 0 Å². The summed E-state index contributed by atoms with van der Waals surface area (Å²) in [4.78, 5) is 10.7. The first kappa shape index (κ1) is 17.6. The number of hydrogen-bond donors (Lipinski definition) is 0. The summed E-state index contributed by atoms with van der Waals surface area (Å²) in [7, 11) is 0. The van der Waals surface area contributed by atoms with Crippen LogP contribution in [0.5, 0.6) is 0 Å². The second kappa shape index (κ2) is 7.33. The lowest BCUT2D eigenvalue weighted by Gasteiger charge is -2.37. The van der Waals surface area contributed by atoms with E-state index >= 15 is 0 Å². The van der Waals surface area contributed by atoms with Crippen molar-refractivity contribution in [3.63, 3.8) is 0 Å². The van der Waals surface area contributed by atoms with E-state index < -0.39 is 0 Å².